The van der Waals surface area contributed by atoms with Crippen LogP contribution in [0.25, 0.3) is 5.69 Å². The highest BCUT2D eigenvalue weighted by Crippen LogP contribution is 2.36. The number of carbonyl (C=O) groups excluding carboxylic acids is 2. The molecule has 0 fully saturated rings. The Morgan fingerprint density at radius 2 is 1.83 bits per heavy atom. The van der Waals surface area contributed by atoms with E-state index in [2.05, 4.69) is 15.7 Å². The average Bonchev–Trinajstić information content (AvgIpc) is 3.29. The number of aryl methyl sites for hydroxylation is 1. The molecule has 0 saturated carbocycles. The number of nitrogens with one attached hydrogen (secondary N) is 2. The van der Waals surface area contributed by atoms with Gasteiger partial charge in [-0.15, -0.1) is 0 Å². The molecule has 29 heavy (non-hydrogen) atoms. The van der Waals surface area contributed by atoms with Gasteiger partial charge < -0.3 is 20.1 Å². The molecule has 1 aliphatic rings. The zero-order chi connectivity index (χ0) is 20.8. The van der Waals surface area contributed by atoms with Gasteiger partial charge in [-0.1, -0.05) is 17.7 Å². The highest BCUT2D eigenvalue weighted by molar-refractivity contribution is 7.98. The smallest absolute Gasteiger partial charge is 0.314 e. The Labute approximate surface area is 174 Å². The third-order valence-corrected chi connectivity index (χ3v) is 5.37. The summed E-state index contributed by atoms with van der Waals surface area (Å²) < 4.78 is 12.5. The van der Waals surface area contributed by atoms with E-state index in [1.165, 1.54) is 0 Å². The first kappa shape index (κ1) is 21.4. The molecule has 0 unspecified atom stereocenters. The Hall–Kier alpha value is -2.36. The normalized spacial score (nSPS) is 12.8. The van der Waals surface area contributed by atoms with Crippen LogP contribution >= 0.6 is 11.8 Å². The fourth-order valence-electron chi connectivity index (χ4n) is 2.97. The van der Waals surface area contributed by atoms with Gasteiger partial charge in [-0.2, -0.15) is 16.9 Å². The van der Waals surface area contributed by atoms with Crippen molar-refractivity contribution >= 4 is 29.4 Å². The van der Waals surface area contributed by atoms with Crippen molar-refractivity contribution in [2.45, 2.75) is 38.6 Å². The summed E-state index contributed by atoms with van der Waals surface area (Å²) in [6.07, 6.45) is -0.583. The van der Waals surface area contributed by atoms with Crippen LogP contribution in [-0.4, -0.2) is 47.6 Å². The van der Waals surface area contributed by atoms with E-state index in [0.29, 0.717) is 19.0 Å². The molecule has 1 aliphatic heterocycles. The Balaban J connectivity index is 1.73. The van der Waals surface area contributed by atoms with Gasteiger partial charge in [0, 0.05) is 30.3 Å². The third kappa shape index (κ3) is 5.17. The molecule has 9 heteroatoms. The van der Waals surface area contributed by atoms with E-state index in [9.17, 15) is 9.59 Å². The van der Waals surface area contributed by atoms with Crippen LogP contribution in [0.15, 0.2) is 24.3 Å². The molecule has 0 radical (unpaired) electrons. The second-order valence-electron chi connectivity index (χ2n) is 6.52. The fourth-order valence-corrected chi connectivity index (χ4v) is 4.01. The monoisotopic (exact) mass is 418 g/mol. The van der Waals surface area contributed by atoms with E-state index >= 15 is 0 Å². The average molecular weight is 419 g/mol. The van der Waals surface area contributed by atoms with Crippen molar-refractivity contribution in [3.8, 4) is 5.69 Å². The molecule has 3 rings (SSSR count). The van der Waals surface area contributed by atoms with Gasteiger partial charge >= 0.3 is 11.8 Å². The second-order valence-corrected chi connectivity index (χ2v) is 7.50. The van der Waals surface area contributed by atoms with Crippen molar-refractivity contribution < 1.29 is 19.1 Å². The van der Waals surface area contributed by atoms with Crippen LogP contribution in [0.3, 0.4) is 0 Å². The summed E-state index contributed by atoms with van der Waals surface area (Å²) in [4.78, 5) is 24.8. The largest absolute Gasteiger partial charge is 0.351 e. The minimum Gasteiger partial charge on any atom is -0.351 e. The van der Waals surface area contributed by atoms with Crippen LogP contribution in [0.2, 0.25) is 0 Å². The van der Waals surface area contributed by atoms with Crippen molar-refractivity contribution in [3.63, 3.8) is 0 Å². The summed E-state index contributed by atoms with van der Waals surface area (Å²) in [5.41, 5.74) is 3.85. The van der Waals surface area contributed by atoms with Crippen molar-refractivity contribution in [3.05, 3.63) is 41.1 Å². The van der Waals surface area contributed by atoms with Crippen LogP contribution in [-0.2, 0) is 30.6 Å². The third-order valence-electron chi connectivity index (χ3n) is 4.40. The topological polar surface area (TPSA) is 94.5 Å². The minimum atomic E-state index is -0.746. The van der Waals surface area contributed by atoms with Crippen molar-refractivity contribution in [2.24, 2.45) is 0 Å². The first-order valence-electron chi connectivity index (χ1n) is 9.61. The van der Waals surface area contributed by atoms with E-state index in [-0.39, 0.29) is 6.54 Å². The quantitative estimate of drug-likeness (QED) is 0.505. The Morgan fingerprint density at radius 3 is 2.48 bits per heavy atom. The molecule has 8 nitrogen and oxygen atoms in total. The van der Waals surface area contributed by atoms with Gasteiger partial charge in [0.2, 0.25) is 0 Å². The van der Waals surface area contributed by atoms with E-state index in [1.54, 1.807) is 16.4 Å². The molecule has 0 aliphatic carbocycles. The van der Waals surface area contributed by atoms with Gasteiger partial charge in [-0.05, 0) is 32.9 Å². The number of benzene rings is 1. The molecule has 1 aromatic carbocycles. The number of anilines is 1. The lowest BCUT2D eigenvalue weighted by Gasteiger charge is -2.17. The number of rotatable bonds is 8. The minimum absolute atomic E-state index is 0.0963. The number of thioether (sulfide) groups is 1. The van der Waals surface area contributed by atoms with Gasteiger partial charge in [-0.25, -0.2) is 4.68 Å². The molecule has 156 valence electrons. The van der Waals surface area contributed by atoms with E-state index in [1.807, 2.05) is 45.0 Å². The van der Waals surface area contributed by atoms with Gasteiger partial charge in [-0.3, -0.25) is 9.59 Å². The Kier molecular flexibility index (Phi) is 7.29. The van der Waals surface area contributed by atoms with Gasteiger partial charge in [0.1, 0.15) is 5.82 Å². The van der Waals surface area contributed by atoms with Crippen LogP contribution < -0.4 is 10.6 Å². The maximum absolute atomic E-state index is 12.5. The molecule has 0 atom stereocenters. The molecule has 2 heterocycles. The molecular formula is C20H26N4O4S. The summed E-state index contributed by atoms with van der Waals surface area (Å²) in [6, 6.07) is 7.85. The summed E-state index contributed by atoms with van der Waals surface area (Å²) in [6.45, 7) is 6.68. The number of ether oxygens (including phenoxy) is 2. The summed E-state index contributed by atoms with van der Waals surface area (Å²) >= 11 is 1.73. The first-order chi connectivity index (χ1) is 14.0. The standard InChI is InChI=1S/C20H26N4O4S/c1-4-27-17(28-5-2)10-21-19(25)20(26)22-18-15-11-29-12-16(15)23-24(18)14-8-6-13(3)7-9-14/h6-9,17H,4-5,10-12H2,1-3H3,(H,21,25)(H,22,26). The molecular weight excluding hydrogens is 392 g/mol. The zero-order valence-corrected chi connectivity index (χ0v) is 17.7. The molecule has 2 aromatic rings. The van der Waals surface area contributed by atoms with Crippen LogP contribution in [0.5, 0.6) is 0 Å². The number of hydrogen-bond acceptors (Lipinski definition) is 6. The van der Waals surface area contributed by atoms with E-state index in [0.717, 1.165) is 34.0 Å². The lowest BCUT2D eigenvalue weighted by molar-refractivity contribution is -0.145. The second kappa shape index (κ2) is 9.91. The predicted octanol–water partition coefficient (Wildman–Crippen LogP) is 2.38. The lowest BCUT2D eigenvalue weighted by Crippen LogP contribution is -2.41. The van der Waals surface area contributed by atoms with Crippen LogP contribution in [0.1, 0.15) is 30.7 Å². The van der Waals surface area contributed by atoms with Crippen molar-refractivity contribution in [1.82, 2.24) is 15.1 Å². The van der Waals surface area contributed by atoms with E-state index < -0.39 is 18.1 Å². The van der Waals surface area contributed by atoms with Gasteiger partial charge in [0.05, 0.1) is 17.9 Å². The van der Waals surface area contributed by atoms with Crippen molar-refractivity contribution in [2.75, 3.05) is 25.1 Å². The molecule has 0 spiro atoms. The lowest BCUT2D eigenvalue weighted by atomic mass is 10.2. The highest BCUT2D eigenvalue weighted by atomic mass is 32.2. The first-order valence-corrected chi connectivity index (χ1v) is 10.8. The summed E-state index contributed by atoms with van der Waals surface area (Å²) in [7, 11) is 0. The SMILES string of the molecule is CCOC(CNC(=O)C(=O)Nc1c2c(nn1-c1ccc(C)cc1)CSC2)OCC. The van der Waals surface area contributed by atoms with E-state index in [4.69, 9.17) is 9.47 Å². The number of fused-ring (bicyclic) bond motifs is 1. The zero-order valence-electron chi connectivity index (χ0n) is 16.9. The number of aromatic nitrogens is 2. The number of hydrogen-bond donors (Lipinski definition) is 2. The maximum atomic E-state index is 12.5. The van der Waals surface area contributed by atoms with Gasteiger partial charge in [0.15, 0.2) is 6.29 Å². The molecule has 0 bridgehead atoms. The molecule has 1 aromatic heterocycles. The highest BCUT2D eigenvalue weighted by Gasteiger charge is 2.26. The van der Waals surface area contributed by atoms with Crippen molar-refractivity contribution in [1.29, 1.82) is 0 Å². The summed E-state index contributed by atoms with van der Waals surface area (Å²) in [5.74, 6) is 0.582. The fraction of sp³-hybridized carbons (Fsp3) is 0.450. The number of amides is 2. The van der Waals surface area contributed by atoms with Crippen LogP contribution in [0.4, 0.5) is 5.82 Å². The number of carbonyl (C=O) groups is 2. The van der Waals surface area contributed by atoms with Crippen LogP contribution in [0, 0.1) is 6.92 Å². The Morgan fingerprint density at radius 1 is 1.14 bits per heavy atom. The molecule has 2 N–H and O–H groups in total. The molecule has 2 amide bonds. The van der Waals surface area contributed by atoms with Gasteiger partial charge in [0.25, 0.3) is 0 Å². The number of nitrogens with zero attached hydrogens (tertiary/aromatic N) is 2. The maximum Gasteiger partial charge on any atom is 0.314 e. The predicted molar refractivity (Wildman–Crippen MR) is 112 cm³/mol. The summed E-state index contributed by atoms with van der Waals surface area (Å²) in [5, 5.41) is 9.94. The molecule has 0 saturated heterocycles. The Bertz CT molecular complexity index is 860.